The van der Waals surface area contributed by atoms with Crippen LogP contribution in [0.1, 0.15) is 120 Å². The lowest BCUT2D eigenvalue weighted by Gasteiger charge is -2.24. The molecule has 2 amide bonds. The SMILES string of the molecule is CNC(CCCCNC(=O)C(=CCCCCNC(C)(C)C)NC(C)(C)C)C(=O)NCCCCC(NC)C(=O)C(C)(C)C. The van der Waals surface area contributed by atoms with Crippen LogP contribution in [0.4, 0.5) is 0 Å². The number of unbranched alkanes of at least 4 members (excludes halogenated alkanes) is 4. The summed E-state index contributed by atoms with van der Waals surface area (Å²) in [6.45, 7) is 20.6. The molecule has 0 aromatic carbocycles. The van der Waals surface area contributed by atoms with Crippen LogP contribution in [0.15, 0.2) is 11.8 Å². The van der Waals surface area contributed by atoms with Crippen molar-refractivity contribution in [1.82, 2.24) is 31.9 Å². The number of likely N-dealkylation sites (N-methyl/N-ethyl adjacent to an activating group) is 2. The third-order valence-corrected chi connectivity index (χ3v) is 6.88. The maximum Gasteiger partial charge on any atom is 0.267 e. The minimum absolute atomic E-state index is 0.00485. The van der Waals surface area contributed by atoms with Gasteiger partial charge in [0.15, 0.2) is 5.78 Å². The predicted octanol–water partition coefficient (Wildman–Crippen LogP) is 4.18. The molecule has 0 saturated carbocycles. The Morgan fingerprint density at radius 2 is 1.17 bits per heavy atom. The first-order valence-corrected chi connectivity index (χ1v) is 16.1. The highest BCUT2D eigenvalue weighted by atomic mass is 16.2. The molecule has 9 nitrogen and oxygen atoms in total. The Balaban J connectivity index is 4.45. The van der Waals surface area contributed by atoms with Gasteiger partial charge in [-0.15, -0.1) is 0 Å². The van der Waals surface area contributed by atoms with Crippen LogP contribution in [-0.4, -0.2) is 74.5 Å². The first-order chi connectivity index (χ1) is 19.4. The van der Waals surface area contributed by atoms with E-state index in [9.17, 15) is 14.4 Å². The van der Waals surface area contributed by atoms with Gasteiger partial charge in [0.25, 0.3) is 5.91 Å². The van der Waals surface area contributed by atoms with Gasteiger partial charge in [-0.05, 0) is 120 Å². The molecule has 0 aliphatic carbocycles. The highest BCUT2D eigenvalue weighted by molar-refractivity contribution is 5.92. The molecule has 0 rings (SSSR count). The molecule has 0 aliphatic heterocycles. The van der Waals surface area contributed by atoms with Gasteiger partial charge < -0.3 is 31.9 Å². The number of carbonyl (C=O) groups excluding carboxylic acids is 3. The van der Waals surface area contributed by atoms with E-state index in [-0.39, 0.29) is 46.2 Å². The molecular weight excluding hydrogens is 528 g/mol. The van der Waals surface area contributed by atoms with E-state index in [4.69, 9.17) is 0 Å². The number of hydrogen-bond donors (Lipinski definition) is 6. The van der Waals surface area contributed by atoms with Gasteiger partial charge in [0.05, 0.1) is 17.8 Å². The van der Waals surface area contributed by atoms with Crippen LogP contribution < -0.4 is 31.9 Å². The van der Waals surface area contributed by atoms with Gasteiger partial charge in [0, 0.05) is 29.6 Å². The number of carbonyl (C=O) groups is 3. The molecule has 2 unspecified atom stereocenters. The largest absolute Gasteiger partial charge is 0.376 e. The summed E-state index contributed by atoms with van der Waals surface area (Å²) in [4.78, 5) is 38.0. The Morgan fingerprint density at radius 3 is 1.67 bits per heavy atom. The van der Waals surface area contributed by atoms with Crippen molar-refractivity contribution >= 4 is 17.6 Å². The predicted molar refractivity (Wildman–Crippen MR) is 176 cm³/mol. The maximum atomic E-state index is 12.9. The fourth-order valence-corrected chi connectivity index (χ4v) is 4.50. The summed E-state index contributed by atoms with van der Waals surface area (Å²) in [7, 11) is 3.63. The van der Waals surface area contributed by atoms with Gasteiger partial charge >= 0.3 is 0 Å². The highest BCUT2D eigenvalue weighted by Gasteiger charge is 2.28. The molecule has 9 heteroatoms. The molecule has 0 heterocycles. The molecule has 0 spiro atoms. The van der Waals surface area contributed by atoms with Crippen LogP contribution in [0.3, 0.4) is 0 Å². The van der Waals surface area contributed by atoms with E-state index in [1.807, 2.05) is 33.9 Å². The van der Waals surface area contributed by atoms with Gasteiger partial charge in [-0.3, -0.25) is 14.4 Å². The van der Waals surface area contributed by atoms with E-state index in [2.05, 4.69) is 73.4 Å². The van der Waals surface area contributed by atoms with Crippen LogP contribution in [0.2, 0.25) is 0 Å². The molecule has 0 fully saturated rings. The van der Waals surface area contributed by atoms with Gasteiger partial charge in [-0.2, -0.15) is 0 Å². The summed E-state index contributed by atoms with van der Waals surface area (Å²) in [5, 5.41) is 19.2. The lowest BCUT2D eigenvalue weighted by Crippen LogP contribution is -2.43. The monoisotopic (exact) mass is 595 g/mol. The van der Waals surface area contributed by atoms with E-state index in [1.165, 1.54) is 0 Å². The maximum absolute atomic E-state index is 12.9. The molecule has 2 atom stereocenters. The number of hydrogen-bond acceptors (Lipinski definition) is 7. The molecule has 6 N–H and O–H groups in total. The zero-order chi connectivity index (χ0) is 32.4. The van der Waals surface area contributed by atoms with Crippen molar-refractivity contribution in [3.8, 4) is 0 Å². The van der Waals surface area contributed by atoms with Gasteiger partial charge in [0.2, 0.25) is 5.91 Å². The third kappa shape index (κ3) is 20.0. The molecule has 246 valence electrons. The lowest BCUT2D eigenvalue weighted by molar-refractivity contribution is -0.128. The van der Waals surface area contributed by atoms with Crippen LogP contribution in [0.5, 0.6) is 0 Å². The Morgan fingerprint density at radius 1 is 0.643 bits per heavy atom. The molecule has 42 heavy (non-hydrogen) atoms. The quantitative estimate of drug-likeness (QED) is 0.0871. The molecule has 0 aromatic heterocycles. The fourth-order valence-electron chi connectivity index (χ4n) is 4.50. The third-order valence-electron chi connectivity index (χ3n) is 6.88. The van der Waals surface area contributed by atoms with Gasteiger partial charge in [0.1, 0.15) is 0 Å². The minimum atomic E-state index is -0.364. The van der Waals surface area contributed by atoms with Crippen molar-refractivity contribution in [2.75, 3.05) is 33.7 Å². The van der Waals surface area contributed by atoms with Crippen molar-refractivity contribution in [3.05, 3.63) is 11.8 Å². The van der Waals surface area contributed by atoms with E-state index in [1.54, 1.807) is 7.05 Å². The smallest absolute Gasteiger partial charge is 0.267 e. The first-order valence-electron chi connectivity index (χ1n) is 16.1. The zero-order valence-corrected chi connectivity index (χ0v) is 28.9. The van der Waals surface area contributed by atoms with Crippen LogP contribution in [0.25, 0.3) is 0 Å². The van der Waals surface area contributed by atoms with Crippen LogP contribution >= 0.6 is 0 Å². The molecule has 0 aromatic rings. The topological polar surface area (TPSA) is 123 Å². The van der Waals surface area contributed by atoms with E-state index in [0.717, 1.165) is 57.9 Å². The van der Waals surface area contributed by atoms with Crippen molar-refractivity contribution in [1.29, 1.82) is 0 Å². The standard InChI is InChI=1S/C33H66N6O3/c1-31(2,3)28(40)25(34-10)19-14-17-22-36-29(41)26(35-11)20-15-18-23-37-30(42)27(39-33(7,8)9)21-13-12-16-24-38-32(4,5)6/h21,25-26,34-35,38-39H,12-20,22-24H2,1-11H3,(H,36,41)(H,37,42). The number of allylic oxidation sites excluding steroid dienone is 1. The zero-order valence-electron chi connectivity index (χ0n) is 28.9. The van der Waals surface area contributed by atoms with Gasteiger partial charge in [-0.25, -0.2) is 0 Å². The van der Waals surface area contributed by atoms with Crippen LogP contribution in [-0.2, 0) is 14.4 Å². The second kappa shape index (κ2) is 20.1. The average molecular weight is 595 g/mol. The minimum Gasteiger partial charge on any atom is -0.376 e. The van der Waals surface area contributed by atoms with Crippen molar-refractivity contribution in [3.63, 3.8) is 0 Å². The summed E-state index contributed by atoms with van der Waals surface area (Å²) >= 11 is 0. The van der Waals surface area contributed by atoms with Crippen LogP contribution in [0, 0.1) is 5.41 Å². The number of nitrogens with one attached hydrogen (secondary N) is 6. The Kier molecular flexibility index (Phi) is 19.1. The summed E-state index contributed by atoms with van der Waals surface area (Å²) < 4.78 is 0. The Hall–Kier alpha value is -1.97. The molecular formula is C33H66N6O3. The summed E-state index contributed by atoms with van der Waals surface area (Å²) in [5.74, 6) is 0.137. The molecule has 0 saturated heterocycles. The molecule has 0 radical (unpaired) electrons. The Labute approximate surface area is 258 Å². The normalized spacial score (nSPS) is 14.3. The summed E-state index contributed by atoms with van der Waals surface area (Å²) in [6, 6.07) is -0.415. The lowest BCUT2D eigenvalue weighted by atomic mass is 9.85. The Bertz CT molecular complexity index is 821. The number of Topliss-reactive ketones (excluding diaryl/α,β-unsaturated/α-hetero) is 1. The summed E-state index contributed by atoms with van der Waals surface area (Å²) in [5.41, 5.74) is 0.180. The van der Waals surface area contributed by atoms with Crippen molar-refractivity contribution in [2.24, 2.45) is 5.41 Å². The number of rotatable bonds is 21. The fraction of sp³-hybridized carbons (Fsp3) is 0.848. The van der Waals surface area contributed by atoms with Gasteiger partial charge in [-0.1, -0.05) is 26.8 Å². The van der Waals surface area contributed by atoms with E-state index < -0.39 is 0 Å². The van der Waals surface area contributed by atoms with E-state index in [0.29, 0.717) is 25.2 Å². The van der Waals surface area contributed by atoms with Crippen molar-refractivity contribution < 1.29 is 14.4 Å². The molecule has 0 bridgehead atoms. The summed E-state index contributed by atoms with van der Waals surface area (Å²) in [6.07, 6.45) is 9.73. The average Bonchev–Trinajstić information content (AvgIpc) is 2.87. The second-order valence-electron chi connectivity index (χ2n) is 14.5. The number of ketones is 1. The first kappa shape index (κ1) is 40.0. The van der Waals surface area contributed by atoms with E-state index >= 15 is 0 Å². The highest BCUT2D eigenvalue weighted by Crippen LogP contribution is 2.19. The number of amides is 2. The molecule has 0 aliphatic rings. The van der Waals surface area contributed by atoms with Crippen molar-refractivity contribution in [2.45, 2.75) is 143 Å². The second-order valence-corrected chi connectivity index (χ2v) is 14.5.